The minimum Gasteiger partial charge on any atom is -0.484 e. The summed E-state index contributed by atoms with van der Waals surface area (Å²) in [4.78, 5) is 11.6. The van der Waals surface area contributed by atoms with Gasteiger partial charge in [-0.25, -0.2) is 0 Å². The summed E-state index contributed by atoms with van der Waals surface area (Å²) in [5, 5.41) is 11.4. The molecule has 1 aromatic carbocycles. The summed E-state index contributed by atoms with van der Waals surface area (Å²) in [7, 11) is 0. The van der Waals surface area contributed by atoms with Crippen LogP contribution in [0.2, 0.25) is 0 Å². The molecule has 1 aromatic heterocycles. The zero-order valence-corrected chi connectivity index (χ0v) is 11.0. The minimum atomic E-state index is -0.165. The lowest BCUT2D eigenvalue weighted by Gasteiger charge is -2.08. The average Bonchev–Trinajstić information content (AvgIpc) is 2.99. The van der Waals surface area contributed by atoms with Gasteiger partial charge in [-0.05, 0) is 36.4 Å². The first-order valence-corrected chi connectivity index (χ1v) is 6.28. The van der Waals surface area contributed by atoms with E-state index in [9.17, 15) is 4.79 Å². The highest BCUT2D eigenvalue weighted by Gasteiger charge is 2.02. The van der Waals surface area contributed by atoms with E-state index in [4.69, 9.17) is 10.00 Å². The Morgan fingerprint density at radius 3 is 2.60 bits per heavy atom. The fourth-order valence-corrected chi connectivity index (χ4v) is 1.67. The highest BCUT2D eigenvalue weighted by atomic mass is 16.5. The molecule has 102 valence electrons. The Balaban J connectivity index is 1.68. The first-order chi connectivity index (χ1) is 9.78. The molecular formula is C15H15N3O2. The molecule has 1 amide bonds. The standard InChI is InChI=1S/C15H15N3O2/c16-11-13-3-5-14(6-4-13)20-12-15(19)17-7-10-18-8-1-2-9-18/h1-6,8-9H,7,10,12H2,(H,17,19). The number of ether oxygens (including phenoxy) is 1. The van der Waals surface area contributed by atoms with Crippen LogP contribution in [0.15, 0.2) is 48.8 Å². The van der Waals surface area contributed by atoms with Gasteiger partial charge >= 0.3 is 0 Å². The maximum atomic E-state index is 11.6. The molecule has 0 aliphatic rings. The van der Waals surface area contributed by atoms with Crippen LogP contribution in [0.3, 0.4) is 0 Å². The molecular weight excluding hydrogens is 254 g/mol. The van der Waals surface area contributed by atoms with E-state index >= 15 is 0 Å². The van der Waals surface area contributed by atoms with E-state index in [-0.39, 0.29) is 12.5 Å². The lowest BCUT2D eigenvalue weighted by atomic mass is 10.2. The monoisotopic (exact) mass is 269 g/mol. The van der Waals surface area contributed by atoms with Gasteiger partial charge in [0.2, 0.25) is 0 Å². The van der Waals surface area contributed by atoms with Crippen LogP contribution in [-0.2, 0) is 11.3 Å². The maximum absolute atomic E-state index is 11.6. The largest absolute Gasteiger partial charge is 0.484 e. The molecule has 0 atom stereocenters. The Bertz CT molecular complexity index is 583. The number of carbonyl (C=O) groups excluding carboxylic acids is 1. The van der Waals surface area contributed by atoms with Crippen LogP contribution in [0.1, 0.15) is 5.56 Å². The van der Waals surface area contributed by atoms with Crippen molar-refractivity contribution < 1.29 is 9.53 Å². The van der Waals surface area contributed by atoms with Crippen molar-refractivity contribution in [2.45, 2.75) is 6.54 Å². The van der Waals surface area contributed by atoms with E-state index in [1.165, 1.54) is 0 Å². The van der Waals surface area contributed by atoms with Crippen LogP contribution in [0, 0.1) is 11.3 Å². The summed E-state index contributed by atoms with van der Waals surface area (Å²) in [5.41, 5.74) is 0.563. The Labute approximate surface area is 117 Å². The van der Waals surface area contributed by atoms with Crippen LogP contribution in [-0.4, -0.2) is 23.6 Å². The van der Waals surface area contributed by atoms with Crippen LogP contribution in [0.25, 0.3) is 0 Å². The molecule has 20 heavy (non-hydrogen) atoms. The van der Waals surface area contributed by atoms with E-state index < -0.39 is 0 Å². The Kier molecular flexibility index (Phi) is 4.79. The fraction of sp³-hybridized carbons (Fsp3) is 0.200. The van der Waals surface area contributed by atoms with E-state index in [1.807, 2.05) is 35.2 Å². The number of nitrogens with one attached hydrogen (secondary N) is 1. The third-order valence-corrected chi connectivity index (χ3v) is 2.71. The van der Waals surface area contributed by atoms with Gasteiger partial charge in [0.05, 0.1) is 11.6 Å². The molecule has 0 aliphatic carbocycles. The lowest BCUT2D eigenvalue weighted by molar-refractivity contribution is -0.123. The summed E-state index contributed by atoms with van der Waals surface area (Å²) in [6, 6.07) is 12.6. The van der Waals surface area contributed by atoms with Gasteiger partial charge in [-0.15, -0.1) is 0 Å². The molecule has 0 saturated carbocycles. The summed E-state index contributed by atoms with van der Waals surface area (Å²) in [6.45, 7) is 1.26. The number of aromatic nitrogens is 1. The maximum Gasteiger partial charge on any atom is 0.258 e. The van der Waals surface area contributed by atoms with Crippen molar-refractivity contribution in [1.82, 2.24) is 9.88 Å². The summed E-state index contributed by atoms with van der Waals surface area (Å²) < 4.78 is 7.31. The molecule has 5 heteroatoms. The van der Waals surface area contributed by atoms with Crippen LogP contribution in [0.4, 0.5) is 0 Å². The van der Waals surface area contributed by atoms with E-state index in [2.05, 4.69) is 5.32 Å². The molecule has 0 aliphatic heterocycles. The topological polar surface area (TPSA) is 67.0 Å². The van der Waals surface area contributed by atoms with Gasteiger partial charge in [-0.3, -0.25) is 4.79 Å². The Morgan fingerprint density at radius 1 is 1.25 bits per heavy atom. The fourth-order valence-electron chi connectivity index (χ4n) is 1.67. The van der Waals surface area contributed by atoms with E-state index in [1.54, 1.807) is 24.3 Å². The number of hydrogen-bond acceptors (Lipinski definition) is 3. The first kappa shape index (κ1) is 13.7. The second-order valence-electron chi connectivity index (χ2n) is 4.20. The second-order valence-corrected chi connectivity index (χ2v) is 4.20. The molecule has 1 heterocycles. The first-order valence-electron chi connectivity index (χ1n) is 6.28. The zero-order valence-electron chi connectivity index (χ0n) is 11.0. The van der Waals surface area contributed by atoms with E-state index in [0.717, 1.165) is 6.54 Å². The summed E-state index contributed by atoms with van der Waals surface area (Å²) in [5.74, 6) is 0.408. The summed E-state index contributed by atoms with van der Waals surface area (Å²) in [6.07, 6.45) is 3.89. The molecule has 2 rings (SSSR count). The van der Waals surface area contributed by atoms with Crippen molar-refractivity contribution in [1.29, 1.82) is 5.26 Å². The van der Waals surface area contributed by atoms with Crippen LogP contribution < -0.4 is 10.1 Å². The Hall–Kier alpha value is -2.74. The SMILES string of the molecule is N#Cc1ccc(OCC(=O)NCCn2cccc2)cc1. The second kappa shape index (κ2) is 7.00. The molecule has 0 saturated heterocycles. The van der Waals surface area contributed by atoms with Crippen molar-refractivity contribution in [2.24, 2.45) is 0 Å². The van der Waals surface area contributed by atoms with Gasteiger partial charge in [-0.1, -0.05) is 0 Å². The highest BCUT2D eigenvalue weighted by molar-refractivity contribution is 5.77. The van der Waals surface area contributed by atoms with Gasteiger partial charge in [0.25, 0.3) is 5.91 Å². The number of benzene rings is 1. The molecule has 0 radical (unpaired) electrons. The average molecular weight is 269 g/mol. The molecule has 0 bridgehead atoms. The number of rotatable bonds is 6. The third-order valence-electron chi connectivity index (χ3n) is 2.71. The number of nitrogens with zero attached hydrogens (tertiary/aromatic N) is 2. The zero-order chi connectivity index (χ0) is 14.2. The molecule has 0 fully saturated rings. The van der Waals surface area contributed by atoms with Crippen molar-refractivity contribution in [3.05, 3.63) is 54.4 Å². The van der Waals surface area contributed by atoms with Gasteiger partial charge < -0.3 is 14.6 Å². The van der Waals surface area contributed by atoms with Gasteiger partial charge in [0, 0.05) is 25.5 Å². The van der Waals surface area contributed by atoms with Crippen molar-refractivity contribution >= 4 is 5.91 Å². The lowest BCUT2D eigenvalue weighted by Crippen LogP contribution is -2.31. The predicted molar refractivity (Wildman–Crippen MR) is 74.1 cm³/mol. The molecule has 1 N–H and O–H groups in total. The van der Waals surface area contributed by atoms with Gasteiger partial charge in [-0.2, -0.15) is 5.26 Å². The molecule has 2 aromatic rings. The number of amides is 1. The summed E-state index contributed by atoms with van der Waals surface area (Å²) >= 11 is 0. The third kappa shape index (κ3) is 4.18. The van der Waals surface area contributed by atoms with Gasteiger partial charge in [0.1, 0.15) is 5.75 Å². The predicted octanol–water partition coefficient (Wildman–Crippen LogP) is 1.55. The minimum absolute atomic E-state index is 0.0302. The molecule has 0 unspecified atom stereocenters. The van der Waals surface area contributed by atoms with Crippen molar-refractivity contribution in [3.8, 4) is 11.8 Å². The normalized spacial score (nSPS) is 9.75. The quantitative estimate of drug-likeness (QED) is 0.865. The molecule has 0 spiro atoms. The Morgan fingerprint density at radius 2 is 1.95 bits per heavy atom. The number of nitriles is 1. The van der Waals surface area contributed by atoms with E-state index in [0.29, 0.717) is 17.9 Å². The molecule has 5 nitrogen and oxygen atoms in total. The highest BCUT2D eigenvalue weighted by Crippen LogP contribution is 2.11. The van der Waals surface area contributed by atoms with Crippen molar-refractivity contribution in [3.63, 3.8) is 0 Å². The number of carbonyl (C=O) groups is 1. The van der Waals surface area contributed by atoms with Crippen LogP contribution >= 0.6 is 0 Å². The smallest absolute Gasteiger partial charge is 0.258 e. The van der Waals surface area contributed by atoms with Gasteiger partial charge in [0.15, 0.2) is 6.61 Å². The van der Waals surface area contributed by atoms with Crippen molar-refractivity contribution in [2.75, 3.05) is 13.2 Å². The number of hydrogen-bond donors (Lipinski definition) is 1. The van der Waals surface area contributed by atoms with Crippen LogP contribution in [0.5, 0.6) is 5.75 Å².